The molecule has 1 aliphatic carbocycles. The van der Waals surface area contributed by atoms with Gasteiger partial charge in [-0.15, -0.1) is 11.8 Å². The Bertz CT molecular complexity index is 645. The fraction of sp³-hybridized carbons (Fsp3) is 0.438. The first-order chi connectivity index (χ1) is 11.1. The van der Waals surface area contributed by atoms with Crippen molar-refractivity contribution in [3.63, 3.8) is 0 Å². The monoisotopic (exact) mass is 334 g/mol. The van der Waals surface area contributed by atoms with Crippen molar-refractivity contribution < 1.29 is 19.5 Å². The molecular weight excluding hydrogens is 316 g/mol. The molecule has 1 aromatic rings. The third-order valence-corrected chi connectivity index (χ3v) is 5.08. The number of carbonyl (C=O) groups excluding carboxylic acids is 2. The van der Waals surface area contributed by atoms with E-state index in [-0.39, 0.29) is 17.4 Å². The molecule has 0 spiro atoms. The molecule has 1 saturated carbocycles. The number of hydrogen-bond acceptors (Lipinski definition) is 4. The highest BCUT2D eigenvalue weighted by Gasteiger charge is 2.35. The number of amides is 2. The average Bonchev–Trinajstić information content (AvgIpc) is 3.26. The average molecular weight is 334 g/mol. The lowest BCUT2D eigenvalue weighted by Crippen LogP contribution is -2.47. The molecule has 7 heteroatoms. The zero-order valence-corrected chi connectivity index (χ0v) is 13.3. The third-order valence-electron chi connectivity index (χ3n) is 4.06. The van der Waals surface area contributed by atoms with Crippen molar-refractivity contribution in [1.29, 1.82) is 0 Å². The maximum atomic E-state index is 12.6. The summed E-state index contributed by atoms with van der Waals surface area (Å²) in [6.45, 7) is 0.677. The molecule has 2 N–H and O–H groups in total. The van der Waals surface area contributed by atoms with Crippen LogP contribution in [-0.2, 0) is 4.79 Å². The molecule has 1 atom stereocenters. The van der Waals surface area contributed by atoms with Crippen LogP contribution in [0.25, 0.3) is 0 Å². The van der Waals surface area contributed by atoms with Crippen LogP contribution >= 0.6 is 11.8 Å². The van der Waals surface area contributed by atoms with E-state index < -0.39 is 12.0 Å². The number of carboxylic acid groups (broad SMARTS) is 1. The van der Waals surface area contributed by atoms with Gasteiger partial charge < -0.3 is 15.3 Å². The van der Waals surface area contributed by atoms with Gasteiger partial charge >= 0.3 is 5.97 Å². The maximum absolute atomic E-state index is 12.6. The van der Waals surface area contributed by atoms with Gasteiger partial charge in [-0.1, -0.05) is 6.07 Å². The number of nitrogens with zero attached hydrogens (tertiary/aromatic N) is 1. The van der Waals surface area contributed by atoms with E-state index in [2.05, 4.69) is 5.32 Å². The van der Waals surface area contributed by atoms with Gasteiger partial charge in [0.25, 0.3) is 5.91 Å². The third kappa shape index (κ3) is 3.67. The van der Waals surface area contributed by atoms with E-state index in [9.17, 15) is 14.4 Å². The summed E-state index contributed by atoms with van der Waals surface area (Å²) in [5.41, 5.74) is 0.366. The van der Waals surface area contributed by atoms with Crippen molar-refractivity contribution in [1.82, 2.24) is 10.2 Å². The minimum Gasteiger partial charge on any atom is -0.478 e. The summed E-state index contributed by atoms with van der Waals surface area (Å²) in [5, 5.41) is 11.9. The van der Waals surface area contributed by atoms with Crippen LogP contribution < -0.4 is 5.32 Å². The van der Waals surface area contributed by atoms with Gasteiger partial charge in [-0.25, -0.2) is 4.79 Å². The number of benzene rings is 1. The Kier molecular flexibility index (Phi) is 4.56. The first kappa shape index (κ1) is 15.9. The minimum absolute atomic E-state index is 0.0671. The topological polar surface area (TPSA) is 86.7 Å². The van der Waals surface area contributed by atoms with Crippen LogP contribution in [0.5, 0.6) is 0 Å². The second kappa shape index (κ2) is 6.62. The van der Waals surface area contributed by atoms with Gasteiger partial charge in [-0.2, -0.15) is 0 Å². The molecule has 1 aliphatic heterocycles. The molecule has 122 valence electrons. The van der Waals surface area contributed by atoms with E-state index in [1.807, 2.05) is 0 Å². The summed E-state index contributed by atoms with van der Waals surface area (Å²) < 4.78 is 0. The van der Waals surface area contributed by atoms with E-state index in [0.717, 1.165) is 12.8 Å². The molecule has 1 unspecified atom stereocenters. The van der Waals surface area contributed by atoms with Gasteiger partial charge in [0.05, 0.1) is 11.4 Å². The Morgan fingerprint density at radius 2 is 2.00 bits per heavy atom. The van der Waals surface area contributed by atoms with Crippen molar-refractivity contribution >= 4 is 29.5 Å². The van der Waals surface area contributed by atoms with Crippen LogP contribution in [-0.4, -0.2) is 52.0 Å². The smallest absolute Gasteiger partial charge is 0.335 e. The second-order valence-electron chi connectivity index (χ2n) is 5.87. The van der Waals surface area contributed by atoms with E-state index in [4.69, 9.17) is 5.11 Å². The highest BCUT2D eigenvalue weighted by atomic mass is 32.2. The number of rotatable bonds is 5. The fourth-order valence-corrected chi connectivity index (χ4v) is 3.65. The number of hydrogen-bond donors (Lipinski definition) is 2. The fourth-order valence-electron chi connectivity index (χ4n) is 2.50. The standard InChI is InChI=1S/C16H18N2O4S/c19-14(17-7-10-4-5-10)13-8-23-9-18(13)15(20)11-2-1-3-12(6-11)16(21)22/h1-3,6,10,13H,4-5,7-9H2,(H,17,19)(H,21,22). The van der Waals surface area contributed by atoms with Crippen LogP contribution in [0.4, 0.5) is 0 Å². The number of carbonyl (C=O) groups is 3. The minimum atomic E-state index is -1.07. The molecule has 2 fully saturated rings. The van der Waals surface area contributed by atoms with Crippen LogP contribution in [0.3, 0.4) is 0 Å². The molecule has 1 saturated heterocycles. The highest BCUT2D eigenvalue weighted by molar-refractivity contribution is 7.99. The maximum Gasteiger partial charge on any atom is 0.335 e. The molecular formula is C16H18N2O4S. The molecule has 1 heterocycles. The van der Waals surface area contributed by atoms with Gasteiger partial charge in [0.2, 0.25) is 5.91 Å². The molecule has 0 radical (unpaired) electrons. The van der Waals surface area contributed by atoms with E-state index >= 15 is 0 Å². The molecule has 2 aliphatic rings. The van der Waals surface area contributed by atoms with Crippen molar-refractivity contribution in [3.8, 4) is 0 Å². The Balaban J connectivity index is 1.70. The van der Waals surface area contributed by atoms with E-state index in [1.165, 1.54) is 28.8 Å². The van der Waals surface area contributed by atoms with Crippen molar-refractivity contribution in [2.75, 3.05) is 18.2 Å². The Hall–Kier alpha value is -2.02. The zero-order valence-electron chi connectivity index (χ0n) is 12.5. The lowest BCUT2D eigenvalue weighted by atomic mass is 10.1. The lowest BCUT2D eigenvalue weighted by molar-refractivity contribution is -0.124. The Morgan fingerprint density at radius 3 is 2.70 bits per heavy atom. The van der Waals surface area contributed by atoms with Crippen molar-refractivity contribution in [2.24, 2.45) is 5.92 Å². The summed E-state index contributed by atoms with van der Waals surface area (Å²) in [6.07, 6.45) is 2.31. The molecule has 23 heavy (non-hydrogen) atoms. The number of thioether (sulfide) groups is 1. The summed E-state index contributed by atoms with van der Waals surface area (Å²) in [4.78, 5) is 37.5. The van der Waals surface area contributed by atoms with E-state index in [0.29, 0.717) is 29.7 Å². The van der Waals surface area contributed by atoms with Crippen LogP contribution in [0.1, 0.15) is 33.6 Å². The normalized spacial score (nSPS) is 20.3. The largest absolute Gasteiger partial charge is 0.478 e. The van der Waals surface area contributed by atoms with Crippen LogP contribution in [0.2, 0.25) is 0 Å². The Labute approximate surface area is 138 Å². The second-order valence-corrected chi connectivity index (χ2v) is 6.86. The van der Waals surface area contributed by atoms with Gasteiger partial charge in [0.1, 0.15) is 6.04 Å². The quantitative estimate of drug-likeness (QED) is 0.850. The summed E-state index contributed by atoms with van der Waals surface area (Å²) >= 11 is 1.53. The molecule has 1 aromatic carbocycles. The first-order valence-corrected chi connectivity index (χ1v) is 8.71. The lowest BCUT2D eigenvalue weighted by Gasteiger charge is -2.23. The SMILES string of the molecule is O=C(O)c1cccc(C(=O)N2CSCC2C(=O)NCC2CC2)c1. The molecule has 2 amide bonds. The number of nitrogens with one attached hydrogen (secondary N) is 1. The van der Waals surface area contributed by atoms with Gasteiger partial charge in [0.15, 0.2) is 0 Å². The van der Waals surface area contributed by atoms with Crippen LogP contribution in [0.15, 0.2) is 24.3 Å². The van der Waals surface area contributed by atoms with Crippen molar-refractivity contribution in [2.45, 2.75) is 18.9 Å². The summed E-state index contributed by atoms with van der Waals surface area (Å²) in [7, 11) is 0. The summed E-state index contributed by atoms with van der Waals surface area (Å²) in [6, 6.07) is 5.43. The van der Waals surface area contributed by atoms with Gasteiger partial charge in [-0.3, -0.25) is 9.59 Å². The first-order valence-electron chi connectivity index (χ1n) is 7.56. The number of carboxylic acids is 1. The summed E-state index contributed by atoms with van der Waals surface area (Å²) in [5.74, 6) is 0.103. The number of aromatic carboxylic acids is 1. The predicted molar refractivity (Wildman–Crippen MR) is 86.4 cm³/mol. The van der Waals surface area contributed by atoms with Gasteiger partial charge in [-0.05, 0) is 37.0 Å². The zero-order chi connectivity index (χ0) is 16.4. The van der Waals surface area contributed by atoms with Crippen LogP contribution in [0, 0.1) is 5.92 Å². The molecule has 3 rings (SSSR count). The van der Waals surface area contributed by atoms with Gasteiger partial charge in [0, 0.05) is 17.9 Å². The predicted octanol–water partition coefficient (Wildman–Crippen LogP) is 1.43. The van der Waals surface area contributed by atoms with Crippen molar-refractivity contribution in [3.05, 3.63) is 35.4 Å². The highest BCUT2D eigenvalue weighted by Crippen LogP contribution is 2.28. The van der Waals surface area contributed by atoms with E-state index in [1.54, 1.807) is 12.1 Å². The molecule has 0 aromatic heterocycles. The Morgan fingerprint density at radius 1 is 1.26 bits per heavy atom. The molecule has 6 nitrogen and oxygen atoms in total. The molecule has 0 bridgehead atoms.